The summed E-state index contributed by atoms with van der Waals surface area (Å²) in [4.78, 5) is 22.6. The van der Waals surface area contributed by atoms with E-state index in [9.17, 15) is 9.59 Å². The SMILES string of the molecule is COCCC(N)C(=O)NCc1ccc(NC(C)=O)cc1. The van der Waals surface area contributed by atoms with Crippen LogP contribution < -0.4 is 16.4 Å². The van der Waals surface area contributed by atoms with E-state index in [-0.39, 0.29) is 11.8 Å². The Morgan fingerprint density at radius 1 is 1.30 bits per heavy atom. The number of anilines is 1. The van der Waals surface area contributed by atoms with Gasteiger partial charge in [-0.25, -0.2) is 0 Å². The van der Waals surface area contributed by atoms with Crippen molar-refractivity contribution in [2.45, 2.75) is 25.9 Å². The molecule has 1 aromatic rings. The van der Waals surface area contributed by atoms with Crippen LogP contribution in [0.2, 0.25) is 0 Å². The van der Waals surface area contributed by atoms with Crippen LogP contribution in [0.4, 0.5) is 5.69 Å². The summed E-state index contributed by atoms with van der Waals surface area (Å²) in [5, 5.41) is 5.44. The second-order valence-electron chi connectivity index (χ2n) is 4.48. The van der Waals surface area contributed by atoms with Gasteiger partial charge in [0.2, 0.25) is 11.8 Å². The Labute approximate surface area is 118 Å². The number of nitrogens with two attached hydrogens (primary N) is 1. The molecule has 0 fully saturated rings. The minimum Gasteiger partial charge on any atom is -0.385 e. The minimum absolute atomic E-state index is 0.116. The zero-order chi connectivity index (χ0) is 15.0. The molecule has 6 nitrogen and oxygen atoms in total. The highest BCUT2D eigenvalue weighted by Gasteiger charge is 2.12. The van der Waals surface area contributed by atoms with Crippen molar-refractivity contribution in [2.75, 3.05) is 19.0 Å². The maximum Gasteiger partial charge on any atom is 0.237 e. The van der Waals surface area contributed by atoms with Crippen molar-refractivity contribution in [2.24, 2.45) is 5.73 Å². The largest absolute Gasteiger partial charge is 0.385 e. The maximum absolute atomic E-state index is 11.7. The number of methoxy groups -OCH3 is 1. The summed E-state index contributed by atoms with van der Waals surface area (Å²) in [5.41, 5.74) is 7.37. The lowest BCUT2D eigenvalue weighted by Crippen LogP contribution is -2.40. The normalized spacial score (nSPS) is 11.8. The van der Waals surface area contributed by atoms with Crippen LogP contribution in [-0.2, 0) is 20.9 Å². The smallest absolute Gasteiger partial charge is 0.237 e. The maximum atomic E-state index is 11.7. The van der Waals surface area contributed by atoms with E-state index in [1.54, 1.807) is 19.2 Å². The Morgan fingerprint density at radius 3 is 2.50 bits per heavy atom. The minimum atomic E-state index is -0.561. The molecule has 0 saturated heterocycles. The van der Waals surface area contributed by atoms with Gasteiger partial charge in [0.15, 0.2) is 0 Å². The third-order valence-corrected chi connectivity index (χ3v) is 2.71. The molecule has 2 amide bonds. The van der Waals surface area contributed by atoms with Gasteiger partial charge >= 0.3 is 0 Å². The van der Waals surface area contributed by atoms with E-state index in [0.717, 1.165) is 11.3 Å². The molecule has 20 heavy (non-hydrogen) atoms. The molecule has 0 bridgehead atoms. The fourth-order valence-electron chi connectivity index (χ4n) is 1.61. The van der Waals surface area contributed by atoms with Crippen LogP contribution in [0, 0.1) is 0 Å². The summed E-state index contributed by atoms with van der Waals surface area (Å²) in [5.74, 6) is -0.317. The molecule has 1 aromatic carbocycles. The standard InChI is InChI=1S/C14H21N3O3/c1-10(18)17-12-5-3-11(4-6-12)9-16-14(19)13(15)7-8-20-2/h3-6,13H,7-9,15H2,1-2H3,(H,16,19)(H,17,18). The second kappa shape index (κ2) is 8.29. The number of carbonyl (C=O) groups is 2. The Balaban J connectivity index is 2.41. The van der Waals surface area contributed by atoms with Gasteiger partial charge in [0.1, 0.15) is 0 Å². The predicted molar refractivity (Wildman–Crippen MR) is 77.1 cm³/mol. The van der Waals surface area contributed by atoms with Crippen LogP contribution >= 0.6 is 0 Å². The van der Waals surface area contributed by atoms with Gasteiger partial charge in [0.05, 0.1) is 6.04 Å². The quantitative estimate of drug-likeness (QED) is 0.682. The Morgan fingerprint density at radius 2 is 1.95 bits per heavy atom. The van der Waals surface area contributed by atoms with Gasteiger partial charge < -0.3 is 21.1 Å². The molecule has 6 heteroatoms. The molecule has 1 unspecified atom stereocenters. The van der Waals surface area contributed by atoms with Crippen molar-refractivity contribution >= 4 is 17.5 Å². The summed E-state index contributed by atoms with van der Waals surface area (Å²) in [6.07, 6.45) is 0.490. The molecule has 4 N–H and O–H groups in total. The molecular weight excluding hydrogens is 258 g/mol. The number of benzene rings is 1. The average molecular weight is 279 g/mol. The Bertz CT molecular complexity index is 445. The summed E-state index contributed by atoms with van der Waals surface area (Å²) in [7, 11) is 1.57. The van der Waals surface area contributed by atoms with E-state index in [1.165, 1.54) is 6.92 Å². The van der Waals surface area contributed by atoms with Crippen LogP contribution in [0.5, 0.6) is 0 Å². The highest BCUT2D eigenvalue weighted by atomic mass is 16.5. The topological polar surface area (TPSA) is 93.4 Å². The van der Waals surface area contributed by atoms with Crippen molar-refractivity contribution in [3.05, 3.63) is 29.8 Å². The second-order valence-corrected chi connectivity index (χ2v) is 4.48. The molecule has 1 atom stereocenters. The van der Waals surface area contributed by atoms with Gasteiger partial charge in [0.25, 0.3) is 0 Å². The van der Waals surface area contributed by atoms with Crippen LogP contribution in [0.25, 0.3) is 0 Å². The molecule has 1 rings (SSSR count). The highest BCUT2D eigenvalue weighted by Crippen LogP contribution is 2.09. The first-order valence-electron chi connectivity index (χ1n) is 6.41. The number of amides is 2. The third kappa shape index (κ3) is 5.81. The van der Waals surface area contributed by atoms with Gasteiger partial charge in [-0.1, -0.05) is 12.1 Å². The summed E-state index contributed by atoms with van der Waals surface area (Å²) in [6.45, 7) is 2.31. The molecule has 0 heterocycles. The Hall–Kier alpha value is -1.92. The van der Waals surface area contributed by atoms with E-state index >= 15 is 0 Å². The third-order valence-electron chi connectivity index (χ3n) is 2.71. The zero-order valence-corrected chi connectivity index (χ0v) is 11.8. The van der Waals surface area contributed by atoms with Crippen molar-refractivity contribution < 1.29 is 14.3 Å². The van der Waals surface area contributed by atoms with Crippen LogP contribution in [0.1, 0.15) is 18.9 Å². The lowest BCUT2D eigenvalue weighted by atomic mass is 10.2. The average Bonchev–Trinajstić information content (AvgIpc) is 2.43. The van der Waals surface area contributed by atoms with Crippen molar-refractivity contribution in [3.63, 3.8) is 0 Å². The monoisotopic (exact) mass is 279 g/mol. The number of hydrogen-bond acceptors (Lipinski definition) is 4. The van der Waals surface area contributed by atoms with E-state index in [4.69, 9.17) is 10.5 Å². The van der Waals surface area contributed by atoms with Crippen LogP contribution in [0.3, 0.4) is 0 Å². The van der Waals surface area contributed by atoms with Crippen LogP contribution in [0.15, 0.2) is 24.3 Å². The van der Waals surface area contributed by atoms with Gasteiger partial charge in [-0.2, -0.15) is 0 Å². The molecule has 110 valence electrons. The number of hydrogen-bond donors (Lipinski definition) is 3. The van der Waals surface area contributed by atoms with Crippen molar-refractivity contribution in [1.82, 2.24) is 5.32 Å². The molecule has 0 aromatic heterocycles. The molecule has 0 aliphatic rings. The zero-order valence-electron chi connectivity index (χ0n) is 11.8. The fraction of sp³-hybridized carbons (Fsp3) is 0.429. The van der Waals surface area contributed by atoms with Crippen molar-refractivity contribution in [3.8, 4) is 0 Å². The number of ether oxygens (including phenoxy) is 1. The van der Waals surface area contributed by atoms with E-state index in [2.05, 4.69) is 10.6 Å². The lowest BCUT2D eigenvalue weighted by molar-refractivity contribution is -0.123. The number of nitrogens with one attached hydrogen (secondary N) is 2. The first-order chi connectivity index (χ1) is 9.52. The van der Waals surface area contributed by atoms with Crippen LogP contribution in [-0.4, -0.2) is 31.6 Å². The first-order valence-corrected chi connectivity index (χ1v) is 6.41. The Kier molecular flexibility index (Phi) is 6.69. The highest BCUT2D eigenvalue weighted by molar-refractivity contribution is 5.88. The lowest BCUT2D eigenvalue weighted by Gasteiger charge is -2.12. The molecule has 0 radical (unpaired) electrons. The predicted octanol–water partition coefficient (Wildman–Crippen LogP) is 0.625. The number of rotatable bonds is 7. The molecule has 0 aliphatic heterocycles. The van der Waals surface area contributed by atoms with Crippen molar-refractivity contribution in [1.29, 1.82) is 0 Å². The number of carbonyl (C=O) groups excluding carboxylic acids is 2. The van der Waals surface area contributed by atoms with Gasteiger partial charge in [-0.3, -0.25) is 9.59 Å². The van der Waals surface area contributed by atoms with E-state index < -0.39 is 6.04 Å². The molecule has 0 aliphatic carbocycles. The summed E-state index contributed by atoms with van der Waals surface area (Å²) < 4.78 is 4.88. The fourth-order valence-corrected chi connectivity index (χ4v) is 1.61. The van der Waals surface area contributed by atoms with E-state index in [1.807, 2.05) is 12.1 Å². The molecule has 0 saturated carbocycles. The molecular formula is C14H21N3O3. The van der Waals surface area contributed by atoms with Gasteiger partial charge in [0, 0.05) is 32.9 Å². The molecule has 0 spiro atoms. The van der Waals surface area contributed by atoms with E-state index in [0.29, 0.717) is 19.6 Å². The van der Waals surface area contributed by atoms with Gasteiger partial charge in [-0.15, -0.1) is 0 Å². The summed E-state index contributed by atoms with van der Waals surface area (Å²) >= 11 is 0. The first kappa shape index (κ1) is 16.1. The van der Waals surface area contributed by atoms with Gasteiger partial charge in [-0.05, 0) is 24.1 Å². The summed E-state index contributed by atoms with van der Waals surface area (Å²) in [6, 6.07) is 6.69.